The molecule has 0 saturated carbocycles. The molecule has 4 heteroatoms. The summed E-state index contributed by atoms with van der Waals surface area (Å²) in [5.74, 6) is 0. The van der Waals surface area contributed by atoms with Crippen LogP contribution in [-0.2, 0) is 10.2 Å². The van der Waals surface area contributed by atoms with E-state index in [-0.39, 0.29) is 5.41 Å². The van der Waals surface area contributed by atoms with Gasteiger partial charge in [-0.3, -0.25) is 4.90 Å². The molecule has 0 aliphatic carbocycles. The first-order valence-corrected chi connectivity index (χ1v) is 7.80. The smallest absolute Gasteiger partial charge is 0.0600 e. The zero-order chi connectivity index (χ0) is 13.3. The molecular formula is C15H21BrN2O. The fraction of sp³-hybridized carbons (Fsp3) is 0.600. The summed E-state index contributed by atoms with van der Waals surface area (Å²) in [5.41, 5.74) is 1.59. The highest BCUT2D eigenvalue weighted by molar-refractivity contribution is 9.10. The average Bonchev–Trinajstić information content (AvgIpc) is 2.40. The van der Waals surface area contributed by atoms with E-state index in [9.17, 15) is 0 Å². The maximum atomic E-state index is 5.58. The van der Waals surface area contributed by atoms with Crippen molar-refractivity contribution < 1.29 is 4.74 Å². The fourth-order valence-electron chi connectivity index (χ4n) is 3.17. The molecule has 1 aromatic rings. The van der Waals surface area contributed by atoms with Crippen molar-refractivity contribution in [2.75, 3.05) is 39.4 Å². The lowest BCUT2D eigenvalue weighted by atomic mass is 9.72. The van der Waals surface area contributed by atoms with Crippen LogP contribution < -0.4 is 5.32 Å². The van der Waals surface area contributed by atoms with Crippen molar-refractivity contribution in [1.29, 1.82) is 0 Å². The van der Waals surface area contributed by atoms with E-state index in [1.807, 2.05) is 0 Å². The highest BCUT2D eigenvalue weighted by Crippen LogP contribution is 2.38. The number of nitrogens with one attached hydrogen (secondary N) is 1. The summed E-state index contributed by atoms with van der Waals surface area (Å²) in [6, 6.07) is 9.29. The third kappa shape index (κ3) is 2.47. The molecule has 0 spiro atoms. The minimum Gasteiger partial charge on any atom is -0.379 e. The van der Waals surface area contributed by atoms with Gasteiger partial charge in [-0.25, -0.2) is 0 Å². The van der Waals surface area contributed by atoms with Crippen molar-refractivity contribution >= 4 is 15.9 Å². The Labute approximate surface area is 123 Å². The van der Waals surface area contributed by atoms with Crippen LogP contribution >= 0.6 is 15.9 Å². The van der Waals surface area contributed by atoms with Crippen molar-refractivity contribution in [1.82, 2.24) is 10.2 Å². The lowest BCUT2D eigenvalue weighted by Crippen LogP contribution is -2.62. The number of piperazine rings is 1. The Bertz CT molecular complexity index is 424. The van der Waals surface area contributed by atoms with Gasteiger partial charge in [0.1, 0.15) is 0 Å². The van der Waals surface area contributed by atoms with E-state index in [0.717, 1.165) is 43.9 Å². The van der Waals surface area contributed by atoms with E-state index in [2.05, 4.69) is 57.3 Å². The zero-order valence-electron chi connectivity index (χ0n) is 11.4. The van der Waals surface area contributed by atoms with Gasteiger partial charge in [0.15, 0.2) is 0 Å². The van der Waals surface area contributed by atoms with Crippen molar-refractivity contribution in [3.63, 3.8) is 0 Å². The van der Waals surface area contributed by atoms with E-state index in [1.165, 1.54) is 5.56 Å². The summed E-state index contributed by atoms with van der Waals surface area (Å²) in [4.78, 5) is 2.60. The molecule has 104 valence electrons. The first kappa shape index (κ1) is 13.6. The second-order valence-electron chi connectivity index (χ2n) is 5.62. The summed E-state index contributed by atoms with van der Waals surface area (Å²) >= 11 is 3.52. The van der Waals surface area contributed by atoms with Gasteiger partial charge in [-0.1, -0.05) is 28.1 Å². The van der Waals surface area contributed by atoms with Crippen molar-refractivity contribution in [2.45, 2.75) is 18.4 Å². The van der Waals surface area contributed by atoms with E-state index in [4.69, 9.17) is 4.74 Å². The molecule has 1 aromatic carbocycles. The summed E-state index contributed by atoms with van der Waals surface area (Å²) in [5, 5.41) is 3.43. The number of ether oxygens (including phenoxy) is 1. The highest BCUT2D eigenvalue weighted by Gasteiger charge is 2.47. The second-order valence-corrected chi connectivity index (χ2v) is 6.53. The van der Waals surface area contributed by atoms with Crippen LogP contribution in [0.3, 0.4) is 0 Å². The SMILES string of the molecule is CC(N1CCNCC1)C1(c2ccc(Br)cc2)COC1. The van der Waals surface area contributed by atoms with E-state index in [0.29, 0.717) is 6.04 Å². The van der Waals surface area contributed by atoms with E-state index >= 15 is 0 Å². The number of halogens is 1. The Morgan fingerprint density at radius 3 is 2.37 bits per heavy atom. The Hall–Kier alpha value is -0.420. The van der Waals surface area contributed by atoms with Gasteiger partial charge in [-0.2, -0.15) is 0 Å². The standard InChI is InChI=1S/C15H21BrN2O/c1-12(18-8-6-17-7-9-18)15(10-19-11-15)13-2-4-14(16)5-3-13/h2-5,12,17H,6-11H2,1H3. The Morgan fingerprint density at radius 2 is 1.84 bits per heavy atom. The van der Waals surface area contributed by atoms with Gasteiger partial charge in [0, 0.05) is 36.7 Å². The Kier molecular flexibility index (Phi) is 3.94. The van der Waals surface area contributed by atoms with E-state index < -0.39 is 0 Å². The van der Waals surface area contributed by atoms with Gasteiger partial charge < -0.3 is 10.1 Å². The Balaban J connectivity index is 1.83. The molecule has 1 N–H and O–H groups in total. The van der Waals surface area contributed by atoms with Gasteiger partial charge >= 0.3 is 0 Å². The first-order chi connectivity index (χ1) is 9.22. The molecule has 2 fully saturated rings. The number of nitrogens with zero attached hydrogens (tertiary/aromatic N) is 1. The quantitative estimate of drug-likeness (QED) is 0.920. The number of hydrogen-bond donors (Lipinski definition) is 1. The summed E-state index contributed by atoms with van der Waals surface area (Å²) in [7, 11) is 0. The van der Waals surface area contributed by atoms with Crippen LogP contribution in [0.2, 0.25) is 0 Å². The van der Waals surface area contributed by atoms with Crippen LogP contribution in [-0.4, -0.2) is 50.3 Å². The average molecular weight is 325 g/mol. The van der Waals surface area contributed by atoms with Crippen LogP contribution in [0.5, 0.6) is 0 Å². The molecule has 3 nitrogen and oxygen atoms in total. The molecule has 0 bridgehead atoms. The lowest BCUT2D eigenvalue weighted by Gasteiger charge is -2.51. The number of benzene rings is 1. The monoisotopic (exact) mass is 324 g/mol. The largest absolute Gasteiger partial charge is 0.379 e. The van der Waals surface area contributed by atoms with Gasteiger partial charge in [0.25, 0.3) is 0 Å². The molecule has 1 unspecified atom stereocenters. The molecule has 0 radical (unpaired) electrons. The van der Waals surface area contributed by atoms with Crippen LogP contribution in [0.15, 0.2) is 28.7 Å². The van der Waals surface area contributed by atoms with Crippen molar-refractivity contribution in [2.24, 2.45) is 0 Å². The van der Waals surface area contributed by atoms with Gasteiger partial charge in [0.05, 0.1) is 18.6 Å². The normalized spacial score (nSPS) is 24.7. The predicted octanol–water partition coefficient (Wildman–Crippen LogP) is 2.01. The summed E-state index contributed by atoms with van der Waals surface area (Å²) in [6.45, 7) is 8.53. The third-order valence-electron chi connectivity index (χ3n) is 4.64. The van der Waals surface area contributed by atoms with Gasteiger partial charge in [-0.05, 0) is 24.6 Å². The minimum atomic E-state index is 0.179. The van der Waals surface area contributed by atoms with Crippen molar-refractivity contribution in [3.8, 4) is 0 Å². The third-order valence-corrected chi connectivity index (χ3v) is 5.17. The molecule has 2 aliphatic heterocycles. The Morgan fingerprint density at radius 1 is 1.21 bits per heavy atom. The van der Waals surface area contributed by atoms with Crippen LogP contribution in [0, 0.1) is 0 Å². The summed E-state index contributed by atoms with van der Waals surface area (Å²) < 4.78 is 6.72. The number of rotatable bonds is 3. The predicted molar refractivity (Wildman–Crippen MR) is 80.5 cm³/mol. The topological polar surface area (TPSA) is 24.5 Å². The second kappa shape index (κ2) is 5.52. The van der Waals surface area contributed by atoms with Crippen LogP contribution in [0.25, 0.3) is 0 Å². The molecule has 19 heavy (non-hydrogen) atoms. The minimum absolute atomic E-state index is 0.179. The fourth-order valence-corrected chi connectivity index (χ4v) is 3.44. The van der Waals surface area contributed by atoms with Crippen molar-refractivity contribution in [3.05, 3.63) is 34.3 Å². The molecule has 0 amide bonds. The molecule has 1 atom stereocenters. The molecule has 0 aromatic heterocycles. The number of hydrogen-bond acceptors (Lipinski definition) is 3. The summed E-state index contributed by atoms with van der Waals surface area (Å²) in [6.07, 6.45) is 0. The maximum Gasteiger partial charge on any atom is 0.0600 e. The maximum absolute atomic E-state index is 5.58. The molecule has 2 saturated heterocycles. The van der Waals surface area contributed by atoms with E-state index in [1.54, 1.807) is 0 Å². The van der Waals surface area contributed by atoms with Gasteiger partial charge in [-0.15, -0.1) is 0 Å². The molecular weight excluding hydrogens is 304 g/mol. The highest BCUT2D eigenvalue weighted by atomic mass is 79.9. The van der Waals surface area contributed by atoms with Crippen LogP contribution in [0.1, 0.15) is 12.5 Å². The van der Waals surface area contributed by atoms with Gasteiger partial charge in [0.2, 0.25) is 0 Å². The first-order valence-electron chi connectivity index (χ1n) is 7.01. The molecule has 2 heterocycles. The molecule has 3 rings (SSSR count). The van der Waals surface area contributed by atoms with Crippen LogP contribution in [0.4, 0.5) is 0 Å². The lowest BCUT2D eigenvalue weighted by molar-refractivity contribution is -0.100. The zero-order valence-corrected chi connectivity index (χ0v) is 12.9. The molecule has 2 aliphatic rings.